The Balaban J connectivity index is 2.16. The van der Waals surface area contributed by atoms with Crippen LogP contribution in [-0.2, 0) is 21.2 Å². The molecule has 0 aromatic heterocycles. The smallest absolute Gasteiger partial charge is 0.241 e. The topological polar surface area (TPSA) is 66.5 Å². The lowest BCUT2D eigenvalue weighted by Gasteiger charge is -2.24. The third kappa shape index (κ3) is 5.82. The zero-order valence-corrected chi connectivity index (χ0v) is 17.4. The van der Waals surface area contributed by atoms with Gasteiger partial charge in [0.15, 0.2) is 0 Å². The highest BCUT2D eigenvalue weighted by atomic mass is 32.2. The molecule has 0 aliphatic carbocycles. The Labute approximate surface area is 162 Å². The van der Waals surface area contributed by atoms with Crippen LogP contribution in [-0.4, -0.2) is 27.1 Å². The summed E-state index contributed by atoms with van der Waals surface area (Å²) in [6.07, 6.45) is 2.07. The van der Waals surface area contributed by atoms with Crippen molar-refractivity contribution in [2.75, 3.05) is 17.1 Å². The molecule has 2 rings (SSSR count). The Morgan fingerprint density at radius 1 is 1.07 bits per heavy atom. The molecule has 0 aliphatic rings. The molecule has 0 fully saturated rings. The largest absolute Gasteiger partial charge is 0.348 e. The number of amides is 1. The summed E-state index contributed by atoms with van der Waals surface area (Å²) in [6.45, 7) is 7.53. The van der Waals surface area contributed by atoms with Gasteiger partial charge < -0.3 is 5.32 Å². The van der Waals surface area contributed by atoms with Gasteiger partial charge in [-0.05, 0) is 61.6 Å². The van der Waals surface area contributed by atoms with Crippen molar-refractivity contribution in [3.63, 3.8) is 0 Å². The number of hydrogen-bond donors (Lipinski definition) is 1. The fourth-order valence-electron chi connectivity index (χ4n) is 3.04. The minimum atomic E-state index is -3.58. The summed E-state index contributed by atoms with van der Waals surface area (Å²) < 4.78 is 25.7. The Bertz CT molecular complexity index is 885. The molecule has 5 nitrogen and oxygen atoms in total. The number of rotatable bonds is 7. The second kappa shape index (κ2) is 8.57. The molecule has 1 atom stereocenters. The number of carbonyl (C=O) groups is 1. The van der Waals surface area contributed by atoms with Crippen molar-refractivity contribution in [3.05, 3.63) is 64.7 Å². The zero-order chi connectivity index (χ0) is 20.2. The van der Waals surface area contributed by atoms with Crippen LogP contribution in [0.2, 0.25) is 0 Å². The van der Waals surface area contributed by atoms with Gasteiger partial charge in [-0.25, -0.2) is 8.42 Å². The Morgan fingerprint density at radius 3 is 2.11 bits per heavy atom. The molecule has 2 aromatic rings. The van der Waals surface area contributed by atoms with Crippen molar-refractivity contribution < 1.29 is 13.2 Å². The number of carbonyl (C=O) groups excluding carboxylic acids is 1. The van der Waals surface area contributed by atoms with Gasteiger partial charge in [-0.2, -0.15) is 0 Å². The Morgan fingerprint density at radius 2 is 1.63 bits per heavy atom. The van der Waals surface area contributed by atoms with E-state index in [0.29, 0.717) is 5.69 Å². The van der Waals surface area contributed by atoms with Gasteiger partial charge in [-0.3, -0.25) is 9.10 Å². The van der Waals surface area contributed by atoms with E-state index >= 15 is 0 Å². The van der Waals surface area contributed by atoms with Crippen molar-refractivity contribution in [2.24, 2.45) is 0 Å². The van der Waals surface area contributed by atoms with Crippen LogP contribution in [0.3, 0.4) is 0 Å². The summed E-state index contributed by atoms with van der Waals surface area (Å²) in [7, 11) is -3.58. The average molecular weight is 389 g/mol. The summed E-state index contributed by atoms with van der Waals surface area (Å²) in [5.74, 6) is -0.341. The summed E-state index contributed by atoms with van der Waals surface area (Å²) >= 11 is 0. The van der Waals surface area contributed by atoms with E-state index < -0.39 is 10.0 Å². The normalized spacial score (nSPS) is 12.5. The predicted octanol–water partition coefficient (Wildman–Crippen LogP) is 3.51. The summed E-state index contributed by atoms with van der Waals surface area (Å²) in [5, 5.41) is 2.89. The molecule has 146 valence electrons. The lowest BCUT2D eigenvalue weighted by Crippen LogP contribution is -2.41. The highest BCUT2D eigenvalue weighted by Crippen LogP contribution is 2.21. The average Bonchev–Trinajstić information content (AvgIpc) is 2.57. The number of hydrogen-bond acceptors (Lipinski definition) is 3. The molecular weight excluding hydrogens is 360 g/mol. The van der Waals surface area contributed by atoms with Gasteiger partial charge in [-0.15, -0.1) is 0 Å². The van der Waals surface area contributed by atoms with E-state index in [9.17, 15) is 13.2 Å². The van der Waals surface area contributed by atoms with Gasteiger partial charge in [0, 0.05) is 0 Å². The predicted molar refractivity (Wildman–Crippen MR) is 110 cm³/mol. The van der Waals surface area contributed by atoms with E-state index in [0.717, 1.165) is 33.7 Å². The summed E-state index contributed by atoms with van der Waals surface area (Å²) in [5.41, 5.74) is 4.62. The second-order valence-corrected chi connectivity index (χ2v) is 8.91. The molecule has 0 saturated carbocycles. The molecule has 0 unspecified atom stereocenters. The molecule has 0 heterocycles. The van der Waals surface area contributed by atoms with Crippen molar-refractivity contribution in [2.45, 2.75) is 40.2 Å². The summed E-state index contributed by atoms with van der Waals surface area (Å²) in [6, 6.07) is 13.4. The van der Waals surface area contributed by atoms with Gasteiger partial charge in [0.25, 0.3) is 0 Å². The van der Waals surface area contributed by atoms with E-state index in [4.69, 9.17) is 0 Å². The van der Waals surface area contributed by atoms with Crippen LogP contribution in [0.5, 0.6) is 0 Å². The van der Waals surface area contributed by atoms with Crippen LogP contribution in [0.1, 0.15) is 42.1 Å². The number of anilines is 1. The first kappa shape index (κ1) is 21.0. The third-order valence-electron chi connectivity index (χ3n) is 4.45. The molecule has 6 heteroatoms. The minimum Gasteiger partial charge on any atom is -0.348 e. The molecule has 2 aromatic carbocycles. The van der Waals surface area contributed by atoms with Gasteiger partial charge in [-0.1, -0.05) is 37.3 Å². The number of benzene rings is 2. The minimum absolute atomic E-state index is 0.205. The maximum Gasteiger partial charge on any atom is 0.241 e. The molecule has 0 radical (unpaired) electrons. The van der Waals surface area contributed by atoms with Crippen LogP contribution in [0.15, 0.2) is 42.5 Å². The van der Waals surface area contributed by atoms with Crippen LogP contribution >= 0.6 is 0 Å². The summed E-state index contributed by atoms with van der Waals surface area (Å²) in [4.78, 5) is 12.5. The molecular formula is C21H28N2O3S. The van der Waals surface area contributed by atoms with Crippen LogP contribution in [0.4, 0.5) is 5.69 Å². The highest BCUT2D eigenvalue weighted by Gasteiger charge is 2.22. The standard InChI is InChI=1S/C21H28N2O3S/c1-6-18-7-9-19(10-8-18)17(4)22-21(24)14-23(27(5,25)26)20-12-15(2)11-16(3)13-20/h7-13,17H,6,14H2,1-5H3,(H,22,24)/t17-/m1/s1. The van der Waals surface area contributed by atoms with Crippen molar-refractivity contribution in [3.8, 4) is 0 Å². The lowest BCUT2D eigenvalue weighted by atomic mass is 10.1. The molecule has 0 bridgehead atoms. The molecule has 1 N–H and O–H groups in total. The van der Waals surface area contributed by atoms with Gasteiger partial charge >= 0.3 is 0 Å². The van der Waals surface area contributed by atoms with Gasteiger partial charge in [0.1, 0.15) is 6.54 Å². The molecule has 0 saturated heterocycles. The second-order valence-electron chi connectivity index (χ2n) is 7.00. The molecule has 1 amide bonds. The lowest BCUT2D eigenvalue weighted by molar-refractivity contribution is -0.120. The number of nitrogens with one attached hydrogen (secondary N) is 1. The first-order valence-electron chi connectivity index (χ1n) is 9.04. The quantitative estimate of drug-likeness (QED) is 0.789. The van der Waals surface area contributed by atoms with E-state index in [-0.39, 0.29) is 18.5 Å². The van der Waals surface area contributed by atoms with Crippen LogP contribution < -0.4 is 9.62 Å². The van der Waals surface area contributed by atoms with E-state index in [1.165, 1.54) is 5.56 Å². The molecule has 0 spiro atoms. The number of aryl methyl sites for hydroxylation is 3. The van der Waals surface area contributed by atoms with Crippen molar-refractivity contribution >= 4 is 21.6 Å². The van der Waals surface area contributed by atoms with Crippen LogP contribution in [0.25, 0.3) is 0 Å². The van der Waals surface area contributed by atoms with E-state index in [2.05, 4.69) is 12.2 Å². The fraction of sp³-hybridized carbons (Fsp3) is 0.381. The van der Waals surface area contributed by atoms with Crippen molar-refractivity contribution in [1.82, 2.24) is 5.32 Å². The zero-order valence-electron chi connectivity index (χ0n) is 16.6. The third-order valence-corrected chi connectivity index (χ3v) is 5.59. The first-order chi connectivity index (χ1) is 12.6. The Kier molecular flexibility index (Phi) is 6.65. The first-order valence-corrected chi connectivity index (χ1v) is 10.9. The maximum absolute atomic E-state index is 12.5. The van der Waals surface area contributed by atoms with Gasteiger partial charge in [0.2, 0.25) is 15.9 Å². The maximum atomic E-state index is 12.5. The van der Waals surface area contributed by atoms with E-state index in [1.54, 1.807) is 12.1 Å². The number of sulfonamides is 1. The van der Waals surface area contributed by atoms with Gasteiger partial charge in [0.05, 0.1) is 18.0 Å². The van der Waals surface area contributed by atoms with Crippen molar-refractivity contribution in [1.29, 1.82) is 0 Å². The fourth-order valence-corrected chi connectivity index (χ4v) is 3.88. The monoisotopic (exact) mass is 388 g/mol. The highest BCUT2D eigenvalue weighted by molar-refractivity contribution is 7.92. The molecule has 0 aliphatic heterocycles. The number of nitrogens with zero attached hydrogens (tertiary/aromatic N) is 1. The molecule has 27 heavy (non-hydrogen) atoms. The van der Waals surface area contributed by atoms with E-state index in [1.807, 2.05) is 51.1 Å². The Hall–Kier alpha value is -2.34. The SMILES string of the molecule is CCc1ccc([C@@H](C)NC(=O)CN(c2cc(C)cc(C)c2)S(C)(=O)=O)cc1. The van der Waals surface area contributed by atoms with Crippen LogP contribution in [0, 0.1) is 13.8 Å².